The third-order valence-corrected chi connectivity index (χ3v) is 3.81. The zero-order valence-electron chi connectivity index (χ0n) is 12.0. The molecule has 7 heteroatoms. The third-order valence-electron chi connectivity index (χ3n) is 3.18. The second-order valence-corrected chi connectivity index (χ2v) is 5.72. The quantitative estimate of drug-likeness (QED) is 0.634. The van der Waals surface area contributed by atoms with Crippen LogP contribution in [0.1, 0.15) is 11.1 Å². The van der Waals surface area contributed by atoms with Crippen LogP contribution in [0.2, 0.25) is 0 Å². The number of halogens is 1. The number of hydrogen-bond acceptors (Lipinski definition) is 5. The fourth-order valence-electron chi connectivity index (χ4n) is 2.06. The number of carbonyl (C=O) groups is 1. The van der Waals surface area contributed by atoms with Crippen molar-refractivity contribution >= 4 is 28.1 Å². The fraction of sp³-hybridized carbons (Fsp3) is 0.125. The summed E-state index contributed by atoms with van der Waals surface area (Å²) in [6, 6.07) is 10.3. The first-order valence-corrected chi connectivity index (χ1v) is 7.60. The molecule has 2 N–H and O–H groups in total. The molecule has 0 saturated carbocycles. The number of nitrogens with one attached hydrogen (secondary N) is 1. The Labute approximate surface area is 140 Å². The number of benzene rings is 2. The summed E-state index contributed by atoms with van der Waals surface area (Å²) in [5.74, 6) is 1.24. The van der Waals surface area contributed by atoms with Gasteiger partial charge in [-0.3, -0.25) is 4.79 Å². The van der Waals surface area contributed by atoms with Crippen molar-refractivity contribution in [1.82, 2.24) is 5.43 Å². The predicted molar refractivity (Wildman–Crippen MR) is 87.8 cm³/mol. The summed E-state index contributed by atoms with van der Waals surface area (Å²) >= 11 is 3.21. The Morgan fingerprint density at radius 3 is 2.91 bits per heavy atom. The highest BCUT2D eigenvalue weighted by atomic mass is 79.9. The third kappa shape index (κ3) is 3.81. The molecule has 6 nitrogen and oxygen atoms in total. The zero-order chi connectivity index (χ0) is 16.2. The van der Waals surface area contributed by atoms with Crippen LogP contribution < -0.4 is 14.9 Å². The van der Waals surface area contributed by atoms with Crippen molar-refractivity contribution < 1.29 is 19.4 Å². The number of ether oxygens (including phenoxy) is 2. The molecule has 0 radical (unpaired) electrons. The van der Waals surface area contributed by atoms with Crippen molar-refractivity contribution in [2.24, 2.45) is 5.10 Å². The highest BCUT2D eigenvalue weighted by Crippen LogP contribution is 2.32. The van der Waals surface area contributed by atoms with E-state index in [0.717, 1.165) is 11.1 Å². The van der Waals surface area contributed by atoms with Gasteiger partial charge < -0.3 is 14.6 Å². The van der Waals surface area contributed by atoms with Crippen molar-refractivity contribution in [2.75, 3.05) is 6.79 Å². The Morgan fingerprint density at radius 2 is 2.09 bits per heavy atom. The standard InChI is InChI=1S/C16H13BrN2O4/c17-12-5-11(1-3-13(12)20)8-18-19-16(21)7-10-2-4-14-15(6-10)23-9-22-14/h1-6,8,20H,7,9H2,(H,19,21)/b18-8-. The molecule has 3 rings (SSSR count). The number of phenolic OH excluding ortho intramolecular Hbond substituents is 1. The predicted octanol–water partition coefficient (Wildman–Crippen LogP) is 2.58. The van der Waals surface area contributed by atoms with Crippen LogP contribution in [-0.2, 0) is 11.2 Å². The van der Waals surface area contributed by atoms with Gasteiger partial charge in [-0.25, -0.2) is 5.43 Å². The smallest absolute Gasteiger partial charge is 0.244 e. The molecule has 0 spiro atoms. The largest absolute Gasteiger partial charge is 0.507 e. The molecule has 0 fully saturated rings. The van der Waals surface area contributed by atoms with Crippen LogP contribution in [0.25, 0.3) is 0 Å². The lowest BCUT2D eigenvalue weighted by atomic mass is 10.1. The Bertz CT molecular complexity index is 777. The van der Waals surface area contributed by atoms with Crippen molar-refractivity contribution in [3.63, 3.8) is 0 Å². The Kier molecular flexibility index (Phi) is 4.47. The van der Waals surface area contributed by atoms with Gasteiger partial charge in [0.1, 0.15) is 5.75 Å². The molecule has 0 saturated heterocycles. The van der Waals surface area contributed by atoms with E-state index in [1.54, 1.807) is 30.3 Å². The lowest BCUT2D eigenvalue weighted by molar-refractivity contribution is -0.120. The Balaban J connectivity index is 1.57. The zero-order valence-corrected chi connectivity index (χ0v) is 13.5. The molecule has 1 heterocycles. The maximum atomic E-state index is 11.9. The van der Waals surface area contributed by atoms with Gasteiger partial charge in [0, 0.05) is 0 Å². The van der Waals surface area contributed by atoms with Crippen molar-refractivity contribution in [3.8, 4) is 17.2 Å². The van der Waals surface area contributed by atoms with Gasteiger partial charge in [0.15, 0.2) is 11.5 Å². The molecule has 0 aromatic heterocycles. The van der Waals surface area contributed by atoms with Crippen LogP contribution >= 0.6 is 15.9 Å². The molecule has 118 valence electrons. The monoisotopic (exact) mass is 376 g/mol. The normalized spacial score (nSPS) is 12.6. The highest BCUT2D eigenvalue weighted by Gasteiger charge is 2.14. The number of nitrogens with zero attached hydrogens (tertiary/aromatic N) is 1. The Hall–Kier alpha value is -2.54. The molecular formula is C16H13BrN2O4. The van der Waals surface area contributed by atoms with E-state index in [-0.39, 0.29) is 24.9 Å². The maximum absolute atomic E-state index is 11.9. The average molecular weight is 377 g/mol. The summed E-state index contributed by atoms with van der Waals surface area (Å²) in [7, 11) is 0. The molecule has 0 aliphatic carbocycles. The van der Waals surface area contributed by atoms with Crippen LogP contribution in [0.5, 0.6) is 17.2 Å². The number of phenols is 1. The lowest BCUT2D eigenvalue weighted by Gasteiger charge is -2.02. The number of fused-ring (bicyclic) bond motifs is 1. The highest BCUT2D eigenvalue weighted by molar-refractivity contribution is 9.10. The minimum absolute atomic E-state index is 0.147. The summed E-state index contributed by atoms with van der Waals surface area (Å²) < 4.78 is 11.1. The molecule has 1 aliphatic heterocycles. The lowest BCUT2D eigenvalue weighted by Crippen LogP contribution is -2.19. The SMILES string of the molecule is O=C(Cc1ccc2c(c1)OCO2)N/N=C\c1ccc(O)c(Br)c1. The van der Waals surface area contributed by atoms with Gasteiger partial charge in [-0.15, -0.1) is 0 Å². The summed E-state index contributed by atoms with van der Waals surface area (Å²) in [5, 5.41) is 13.3. The number of hydrogen-bond donors (Lipinski definition) is 2. The van der Waals surface area contributed by atoms with Crippen molar-refractivity contribution in [3.05, 3.63) is 52.0 Å². The van der Waals surface area contributed by atoms with E-state index in [1.165, 1.54) is 6.21 Å². The van der Waals surface area contributed by atoms with Crippen LogP contribution in [0.3, 0.4) is 0 Å². The van der Waals surface area contributed by atoms with Gasteiger partial charge in [-0.05, 0) is 57.4 Å². The van der Waals surface area contributed by atoms with Gasteiger partial charge >= 0.3 is 0 Å². The number of rotatable bonds is 4. The topological polar surface area (TPSA) is 80.2 Å². The molecule has 0 bridgehead atoms. The molecule has 0 unspecified atom stereocenters. The van der Waals surface area contributed by atoms with E-state index in [4.69, 9.17) is 9.47 Å². The first-order chi connectivity index (χ1) is 11.1. The number of amides is 1. The second kappa shape index (κ2) is 6.70. The van der Waals surface area contributed by atoms with Gasteiger partial charge in [-0.1, -0.05) is 6.07 Å². The van der Waals surface area contributed by atoms with Crippen LogP contribution in [0.15, 0.2) is 46.0 Å². The molecule has 1 amide bonds. The van der Waals surface area contributed by atoms with Gasteiger partial charge in [-0.2, -0.15) is 5.10 Å². The number of hydrazone groups is 1. The maximum Gasteiger partial charge on any atom is 0.244 e. The average Bonchev–Trinajstić information content (AvgIpc) is 2.98. The second-order valence-electron chi connectivity index (χ2n) is 4.87. The molecule has 2 aromatic rings. The first-order valence-electron chi connectivity index (χ1n) is 6.81. The number of aromatic hydroxyl groups is 1. The molecule has 1 aliphatic rings. The molecule has 23 heavy (non-hydrogen) atoms. The first kappa shape index (κ1) is 15.4. The van der Waals surface area contributed by atoms with E-state index in [1.807, 2.05) is 6.07 Å². The van der Waals surface area contributed by atoms with Crippen molar-refractivity contribution in [1.29, 1.82) is 0 Å². The van der Waals surface area contributed by atoms with E-state index >= 15 is 0 Å². The summed E-state index contributed by atoms with van der Waals surface area (Å²) in [6.45, 7) is 0.206. The summed E-state index contributed by atoms with van der Waals surface area (Å²) in [4.78, 5) is 11.9. The van der Waals surface area contributed by atoms with E-state index in [2.05, 4.69) is 26.5 Å². The van der Waals surface area contributed by atoms with Crippen molar-refractivity contribution in [2.45, 2.75) is 6.42 Å². The van der Waals surface area contributed by atoms with Gasteiger partial charge in [0.05, 0.1) is 17.1 Å². The minimum atomic E-state index is -0.238. The molecule has 2 aromatic carbocycles. The molecular weight excluding hydrogens is 364 g/mol. The minimum Gasteiger partial charge on any atom is -0.507 e. The fourth-order valence-corrected chi connectivity index (χ4v) is 2.45. The summed E-state index contributed by atoms with van der Waals surface area (Å²) in [6.07, 6.45) is 1.69. The van der Waals surface area contributed by atoms with Gasteiger partial charge in [0.2, 0.25) is 12.7 Å². The van der Waals surface area contributed by atoms with E-state index in [9.17, 15) is 9.90 Å². The molecule has 0 atom stereocenters. The van der Waals surface area contributed by atoms with Crippen LogP contribution in [-0.4, -0.2) is 24.0 Å². The van der Waals surface area contributed by atoms with E-state index in [0.29, 0.717) is 16.0 Å². The van der Waals surface area contributed by atoms with E-state index < -0.39 is 0 Å². The van der Waals surface area contributed by atoms with Crippen LogP contribution in [0.4, 0.5) is 0 Å². The van der Waals surface area contributed by atoms with Gasteiger partial charge in [0.25, 0.3) is 0 Å². The number of carbonyl (C=O) groups excluding carboxylic acids is 1. The summed E-state index contributed by atoms with van der Waals surface area (Å²) in [5.41, 5.74) is 4.02. The van der Waals surface area contributed by atoms with Crippen LogP contribution in [0, 0.1) is 0 Å². The Morgan fingerprint density at radius 1 is 1.26 bits per heavy atom.